The van der Waals surface area contributed by atoms with Gasteiger partial charge >= 0.3 is 0 Å². The maximum Gasteiger partial charge on any atom is 0.133 e. The van der Waals surface area contributed by atoms with E-state index in [-0.39, 0.29) is 10.8 Å². The predicted octanol–water partition coefficient (Wildman–Crippen LogP) is 5.77. The molecule has 4 saturated carbocycles. The molecule has 8 atom stereocenters. The molecule has 1 N–H and O–H groups in total. The van der Waals surface area contributed by atoms with Crippen LogP contribution in [0.5, 0.6) is 0 Å². The van der Waals surface area contributed by atoms with Gasteiger partial charge in [0.1, 0.15) is 5.78 Å². The molecule has 0 spiro atoms. The quantitative estimate of drug-likeness (QED) is 0.679. The molecule has 0 aromatic heterocycles. The van der Waals surface area contributed by atoms with Crippen molar-refractivity contribution in [3.8, 4) is 0 Å². The third kappa shape index (κ3) is 2.36. The second-order valence-electron chi connectivity index (χ2n) is 11.4. The first-order valence-corrected chi connectivity index (χ1v) is 11.3. The maximum absolute atomic E-state index is 12.3. The van der Waals surface area contributed by atoms with Crippen molar-refractivity contribution in [2.24, 2.45) is 39.9 Å². The standard InChI is InChI=1S/C24H40O2/c1-6-24(26)14-13-23(5)20-10-12-22(4)18(16(2)25)7-8-19(22)17(20)9-11-21(23,3)15-24/h17-20,26H,6-15H2,1-5H3/t17-,18+,19-,20-,21+,22+,23+,24+/m0/s1. The fraction of sp³-hybridized carbons (Fsp3) is 0.958. The van der Waals surface area contributed by atoms with Crippen molar-refractivity contribution in [3.63, 3.8) is 0 Å². The van der Waals surface area contributed by atoms with E-state index < -0.39 is 5.60 Å². The van der Waals surface area contributed by atoms with Crippen LogP contribution in [0, 0.1) is 39.9 Å². The largest absolute Gasteiger partial charge is 0.390 e. The topological polar surface area (TPSA) is 37.3 Å². The van der Waals surface area contributed by atoms with Crippen molar-refractivity contribution in [3.05, 3.63) is 0 Å². The summed E-state index contributed by atoms with van der Waals surface area (Å²) < 4.78 is 0. The van der Waals surface area contributed by atoms with Gasteiger partial charge in [0.05, 0.1) is 5.60 Å². The van der Waals surface area contributed by atoms with E-state index in [1.165, 1.54) is 38.5 Å². The van der Waals surface area contributed by atoms with E-state index in [0.717, 1.165) is 43.4 Å². The molecule has 4 rings (SSSR count). The zero-order valence-electron chi connectivity index (χ0n) is 17.7. The summed E-state index contributed by atoms with van der Waals surface area (Å²) in [6, 6.07) is 0. The van der Waals surface area contributed by atoms with Crippen molar-refractivity contribution in [2.75, 3.05) is 0 Å². The minimum absolute atomic E-state index is 0.260. The van der Waals surface area contributed by atoms with Crippen LogP contribution in [0.2, 0.25) is 0 Å². The van der Waals surface area contributed by atoms with Gasteiger partial charge in [0.15, 0.2) is 0 Å². The lowest BCUT2D eigenvalue weighted by atomic mass is 9.39. The van der Waals surface area contributed by atoms with E-state index in [0.29, 0.717) is 17.1 Å². The highest BCUT2D eigenvalue weighted by molar-refractivity contribution is 5.79. The number of carbonyl (C=O) groups is 1. The molecule has 26 heavy (non-hydrogen) atoms. The van der Waals surface area contributed by atoms with Crippen molar-refractivity contribution < 1.29 is 9.90 Å². The number of aliphatic hydroxyl groups is 1. The first-order chi connectivity index (χ1) is 12.1. The van der Waals surface area contributed by atoms with Crippen LogP contribution < -0.4 is 0 Å². The molecule has 4 aliphatic rings. The van der Waals surface area contributed by atoms with Gasteiger partial charge in [-0.3, -0.25) is 4.79 Å². The average molecular weight is 361 g/mol. The maximum atomic E-state index is 12.3. The van der Waals surface area contributed by atoms with Crippen LogP contribution in [0.25, 0.3) is 0 Å². The summed E-state index contributed by atoms with van der Waals surface area (Å²) in [4.78, 5) is 12.3. The zero-order valence-corrected chi connectivity index (χ0v) is 17.7. The molecule has 148 valence electrons. The first kappa shape index (κ1) is 19.0. The number of ketones is 1. The summed E-state index contributed by atoms with van der Waals surface area (Å²) in [7, 11) is 0. The van der Waals surface area contributed by atoms with Gasteiger partial charge in [-0.15, -0.1) is 0 Å². The Morgan fingerprint density at radius 3 is 2.35 bits per heavy atom. The summed E-state index contributed by atoms with van der Waals surface area (Å²) >= 11 is 0. The van der Waals surface area contributed by atoms with Crippen LogP contribution in [0.15, 0.2) is 0 Å². The second kappa shape index (κ2) is 5.82. The smallest absolute Gasteiger partial charge is 0.133 e. The lowest BCUT2D eigenvalue weighted by Gasteiger charge is -2.66. The van der Waals surface area contributed by atoms with Crippen LogP contribution >= 0.6 is 0 Å². The molecule has 0 heterocycles. The molecule has 0 aliphatic heterocycles. The van der Waals surface area contributed by atoms with Crippen LogP contribution in [0.1, 0.15) is 98.8 Å². The van der Waals surface area contributed by atoms with Crippen molar-refractivity contribution in [1.29, 1.82) is 0 Å². The molecule has 0 radical (unpaired) electrons. The van der Waals surface area contributed by atoms with Gasteiger partial charge < -0.3 is 5.11 Å². The van der Waals surface area contributed by atoms with Gasteiger partial charge in [-0.05, 0) is 105 Å². The van der Waals surface area contributed by atoms with Crippen LogP contribution in [-0.4, -0.2) is 16.5 Å². The third-order valence-corrected chi connectivity index (χ3v) is 10.6. The summed E-state index contributed by atoms with van der Waals surface area (Å²) in [6.45, 7) is 11.5. The highest BCUT2D eigenvalue weighted by Gasteiger charge is 2.64. The number of hydrogen-bond acceptors (Lipinski definition) is 2. The van der Waals surface area contributed by atoms with E-state index in [9.17, 15) is 9.90 Å². The Morgan fingerprint density at radius 1 is 0.962 bits per heavy atom. The summed E-state index contributed by atoms with van der Waals surface area (Å²) in [5.41, 5.74) is 0.476. The Labute approximate surface area is 160 Å². The molecule has 4 fully saturated rings. The minimum Gasteiger partial charge on any atom is -0.390 e. The predicted molar refractivity (Wildman–Crippen MR) is 106 cm³/mol. The Balaban J connectivity index is 1.64. The minimum atomic E-state index is -0.433. The molecule has 0 bridgehead atoms. The second-order valence-corrected chi connectivity index (χ2v) is 11.4. The number of rotatable bonds is 2. The van der Waals surface area contributed by atoms with Crippen molar-refractivity contribution in [1.82, 2.24) is 0 Å². The lowest BCUT2D eigenvalue weighted by Crippen LogP contribution is -2.60. The average Bonchev–Trinajstić information content (AvgIpc) is 2.93. The molecule has 0 unspecified atom stereocenters. The highest BCUT2D eigenvalue weighted by Crippen LogP contribution is 2.71. The number of fused-ring (bicyclic) bond motifs is 5. The van der Waals surface area contributed by atoms with Gasteiger partial charge in [0.2, 0.25) is 0 Å². The summed E-state index contributed by atoms with van der Waals surface area (Å²) in [6.07, 6.45) is 11.6. The summed E-state index contributed by atoms with van der Waals surface area (Å²) in [5.74, 6) is 3.11. The molecular weight excluding hydrogens is 320 g/mol. The van der Waals surface area contributed by atoms with Crippen molar-refractivity contribution in [2.45, 2.75) is 104 Å². The number of hydrogen-bond donors (Lipinski definition) is 1. The van der Waals surface area contributed by atoms with E-state index in [4.69, 9.17) is 0 Å². The molecule has 0 saturated heterocycles. The molecule has 0 aromatic carbocycles. The van der Waals surface area contributed by atoms with Crippen molar-refractivity contribution >= 4 is 5.78 Å². The van der Waals surface area contributed by atoms with Gasteiger partial charge in [-0.25, -0.2) is 0 Å². The van der Waals surface area contributed by atoms with Gasteiger partial charge in [-0.1, -0.05) is 27.7 Å². The molecule has 2 heteroatoms. The Morgan fingerprint density at radius 2 is 1.69 bits per heavy atom. The van der Waals surface area contributed by atoms with Gasteiger partial charge in [-0.2, -0.15) is 0 Å². The van der Waals surface area contributed by atoms with Gasteiger partial charge in [0.25, 0.3) is 0 Å². The number of Topliss-reactive ketones (excluding diaryl/α,β-unsaturated/α-hetero) is 1. The molecule has 0 aromatic rings. The third-order valence-electron chi connectivity index (χ3n) is 10.6. The van der Waals surface area contributed by atoms with Crippen LogP contribution in [0.4, 0.5) is 0 Å². The lowest BCUT2D eigenvalue weighted by molar-refractivity contribution is -0.193. The molecule has 4 aliphatic carbocycles. The Bertz CT molecular complexity index is 599. The molecule has 2 nitrogen and oxygen atoms in total. The SMILES string of the molecule is CC[C@@]1(O)CC[C@]2(C)[C@H]3CC[C@]4(C)[C@@H](C(C)=O)CC[C@H]4[C@@H]3CC[C@]2(C)C1. The molecular formula is C24H40O2. The monoisotopic (exact) mass is 360 g/mol. The van der Waals surface area contributed by atoms with Crippen LogP contribution in [-0.2, 0) is 4.79 Å². The van der Waals surface area contributed by atoms with Crippen LogP contribution in [0.3, 0.4) is 0 Å². The number of carbonyl (C=O) groups excluding carboxylic acids is 1. The van der Waals surface area contributed by atoms with Gasteiger partial charge in [0, 0.05) is 5.92 Å². The Kier molecular flexibility index (Phi) is 4.24. The first-order valence-electron chi connectivity index (χ1n) is 11.3. The normalized spacial score (nSPS) is 56.4. The summed E-state index contributed by atoms with van der Waals surface area (Å²) in [5, 5.41) is 11.0. The van der Waals surface area contributed by atoms with E-state index in [1.807, 2.05) is 6.92 Å². The molecule has 0 amide bonds. The zero-order chi connectivity index (χ0) is 19.0. The Hall–Kier alpha value is -0.370. The van der Waals surface area contributed by atoms with E-state index in [1.54, 1.807) is 0 Å². The fourth-order valence-electron chi connectivity index (χ4n) is 8.75. The fourth-order valence-corrected chi connectivity index (χ4v) is 8.75. The highest BCUT2D eigenvalue weighted by atomic mass is 16.3. The van der Waals surface area contributed by atoms with E-state index in [2.05, 4.69) is 27.7 Å². The van der Waals surface area contributed by atoms with E-state index >= 15 is 0 Å².